The van der Waals surface area contributed by atoms with Crippen LogP contribution < -0.4 is 5.73 Å². The van der Waals surface area contributed by atoms with Crippen LogP contribution in [-0.4, -0.2) is 22.8 Å². The van der Waals surface area contributed by atoms with Gasteiger partial charge in [0.2, 0.25) is 0 Å². The standard InChI is InChI=1S/C15H18N2O2/c1-2-11(7-9-3-4-9)17-14(18)12-6-5-10(16)8-13(12)15(17)19/h5-6,8-9,11H,2-4,7,16H2,1H3. The number of benzene rings is 1. The Kier molecular flexibility index (Phi) is 2.81. The molecule has 1 aromatic carbocycles. The number of amides is 2. The molecule has 1 fully saturated rings. The minimum Gasteiger partial charge on any atom is -0.399 e. The van der Waals surface area contributed by atoms with Gasteiger partial charge in [-0.25, -0.2) is 0 Å². The van der Waals surface area contributed by atoms with Crippen LogP contribution in [-0.2, 0) is 0 Å². The predicted octanol–water partition coefficient (Wildman–Crippen LogP) is 2.44. The molecule has 2 N–H and O–H groups in total. The molecule has 0 spiro atoms. The highest BCUT2D eigenvalue weighted by molar-refractivity contribution is 6.21. The molecular formula is C15H18N2O2. The van der Waals surface area contributed by atoms with Gasteiger partial charge in [-0.2, -0.15) is 0 Å². The van der Waals surface area contributed by atoms with Crippen molar-refractivity contribution in [2.24, 2.45) is 5.92 Å². The molecule has 2 aliphatic rings. The SMILES string of the molecule is CCC(CC1CC1)N1C(=O)c2ccc(N)cc2C1=O. The van der Waals surface area contributed by atoms with Gasteiger partial charge < -0.3 is 5.73 Å². The van der Waals surface area contributed by atoms with E-state index in [0.29, 0.717) is 22.7 Å². The second-order valence-corrected chi connectivity index (χ2v) is 5.53. The molecule has 1 aliphatic carbocycles. The number of rotatable bonds is 4. The number of carbonyl (C=O) groups excluding carboxylic acids is 2. The fourth-order valence-electron chi connectivity index (χ4n) is 2.80. The van der Waals surface area contributed by atoms with Gasteiger partial charge in [0.05, 0.1) is 11.1 Å². The summed E-state index contributed by atoms with van der Waals surface area (Å²) in [7, 11) is 0. The topological polar surface area (TPSA) is 63.4 Å². The van der Waals surface area contributed by atoms with Crippen LogP contribution in [0.25, 0.3) is 0 Å². The number of hydrogen-bond donors (Lipinski definition) is 1. The fraction of sp³-hybridized carbons (Fsp3) is 0.467. The second kappa shape index (κ2) is 4.37. The smallest absolute Gasteiger partial charge is 0.261 e. The van der Waals surface area contributed by atoms with Crippen molar-refractivity contribution in [3.05, 3.63) is 29.3 Å². The molecule has 0 aromatic heterocycles. The van der Waals surface area contributed by atoms with Gasteiger partial charge in [-0.3, -0.25) is 14.5 Å². The molecule has 100 valence electrons. The van der Waals surface area contributed by atoms with Crippen LogP contribution in [0.4, 0.5) is 5.69 Å². The Morgan fingerprint density at radius 3 is 2.58 bits per heavy atom. The zero-order valence-electron chi connectivity index (χ0n) is 11.1. The van der Waals surface area contributed by atoms with E-state index in [2.05, 4.69) is 0 Å². The van der Waals surface area contributed by atoms with Crippen LogP contribution in [0.5, 0.6) is 0 Å². The van der Waals surface area contributed by atoms with Crippen molar-refractivity contribution in [2.45, 2.75) is 38.6 Å². The number of carbonyl (C=O) groups is 2. The zero-order valence-corrected chi connectivity index (χ0v) is 11.1. The second-order valence-electron chi connectivity index (χ2n) is 5.53. The van der Waals surface area contributed by atoms with Gasteiger partial charge in [-0.1, -0.05) is 19.8 Å². The van der Waals surface area contributed by atoms with Gasteiger partial charge in [-0.15, -0.1) is 0 Å². The van der Waals surface area contributed by atoms with E-state index in [-0.39, 0.29) is 17.9 Å². The van der Waals surface area contributed by atoms with E-state index in [1.54, 1.807) is 18.2 Å². The minimum absolute atomic E-state index is 0.0288. The third-order valence-corrected chi connectivity index (χ3v) is 4.08. The Bertz CT molecular complexity index is 549. The summed E-state index contributed by atoms with van der Waals surface area (Å²) < 4.78 is 0. The molecular weight excluding hydrogens is 240 g/mol. The van der Waals surface area contributed by atoms with Gasteiger partial charge in [0.15, 0.2) is 0 Å². The quantitative estimate of drug-likeness (QED) is 0.666. The number of hydrogen-bond acceptors (Lipinski definition) is 3. The first kappa shape index (κ1) is 12.2. The number of nitrogen functional groups attached to an aromatic ring is 1. The predicted molar refractivity (Wildman–Crippen MR) is 72.8 cm³/mol. The third kappa shape index (κ3) is 2.01. The first-order chi connectivity index (χ1) is 9.11. The van der Waals surface area contributed by atoms with Crippen LogP contribution >= 0.6 is 0 Å². The maximum Gasteiger partial charge on any atom is 0.261 e. The minimum atomic E-state index is -0.181. The molecule has 1 unspecified atom stereocenters. The molecule has 3 rings (SSSR count). The normalized spacial score (nSPS) is 19.7. The Labute approximate surface area is 112 Å². The third-order valence-electron chi connectivity index (χ3n) is 4.08. The van der Waals surface area contributed by atoms with E-state index in [4.69, 9.17) is 5.73 Å². The van der Waals surface area contributed by atoms with Gasteiger partial charge >= 0.3 is 0 Å². The molecule has 1 aliphatic heterocycles. The Hall–Kier alpha value is -1.84. The summed E-state index contributed by atoms with van der Waals surface area (Å²) >= 11 is 0. The lowest BCUT2D eigenvalue weighted by molar-refractivity contribution is 0.0567. The van der Waals surface area contributed by atoms with Crippen molar-refractivity contribution in [2.75, 3.05) is 5.73 Å². The number of nitrogens with zero attached hydrogens (tertiary/aromatic N) is 1. The Morgan fingerprint density at radius 1 is 1.26 bits per heavy atom. The maximum atomic E-state index is 12.4. The summed E-state index contributed by atoms with van der Waals surface area (Å²) in [6, 6.07) is 4.98. The molecule has 4 nitrogen and oxygen atoms in total. The molecule has 1 saturated carbocycles. The number of anilines is 1. The fourth-order valence-corrected chi connectivity index (χ4v) is 2.80. The van der Waals surface area contributed by atoms with E-state index in [1.807, 2.05) is 6.92 Å². The van der Waals surface area contributed by atoms with Crippen molar-refractivity contribution in [1.29, 1.82) is 0 Å². The molecule has 0 bridgehead atoms. The highest BCUT2D eigenvalue weighted by Crippen LogP contribution is 2.37. The Balaban J connectivity index is 1.92. The summed E-state index contributed by atoms with van der Waals surface area (Å²) in [4.78, 5) is 26.2. The summed E-state index contributed by atoms with van der Waals surface area (Å²) in [6.07, 6.45) is 4.22. The largest absolute Gasteiger partial charge is 0.399 e. The van der Waals surface area contributed by atoms with E-state index in [9.17, 15) is 9.59 Å². The number of fused-ring (bicyclic) bond motifs is 1. The van der Waals surface area contributed by atoms with E-state index < -0.39 is 0 Å². The van der Waals surface area contributed by atoms with E-state index in [1.165, 1.54) is 17.7 Å². The van der Waals surface area contributed by atoms with Crippen LogP contribution in [0.3, 0.4) is 0 Å². The average molecular weight is 258 g/mol. The summed E-state index contributed by atoms with van der Waals surface area (Å²) in [6.45, 7) is 2.03. The van der Waals surface area contributed by atoms with Crippen molar-refractivity contribution in [3.63, 3.8) is 0 Å². The van der Waals surface area contributed by atoms with Gasteiger partial charge in [0, 0.05) is 11.7 Å². The lowest BCUT2D eigenvalue weighted by Gasteiger charge is -2.25. The molecule has 0 radical (unpaired) electrons. The summed E-state index contributed by atoms with van der Waals surface area (Å²) in [5.74, 6) is 0.353. The molecule has 1 atom stereocenters. The average Bonchev–Trinajstić information content (AvgIpc) is 3.17. The van der Waals surface area contributed by atoms with E-state index >= 15 is 0 Å². The van der Waals surface area contributed by atoms with Gasteiger partial charge in [-0.05, 0) is 37.0 Å². The van der Waals surface area contributed by atoms with Crippen molar-refractivity contribution < 1.29 is 9.59 Å². The molecule has 1 aromatic rings. The molecule has 4 heteroatoms. The molecule has 19 heavy (non-hydrogen) atoms. The van der Waals surface area contributed by atoms with Crippen molar-refractivity contribution in [3.8, 4) is 0 Å². The monoisotopic (exact) mass is 258 g/mol. The van der Waals surface area contributed by atoms with Crippen LogP contribution in [0.2, 0.25) is 0 Å². The van der Waals surface area contributed by atoms with Gasteiger partial charge in [0.25, 0.3) is 11.8 Å². The zero-order chi connectivity index (χ0) is 13.6. The maximum absolute atomic E-state index is 12.4. The van der Waals surface area contributed by atoms with E-state index in [0.717, 1.165) is 12.8 Å². The van der Waals surface area contributed by atoms with Crippen LogP contribution in [0.15, 0.2) is 18.2 Å². The highest BCUT2D eigenvalue weighted by Gasteiger charge is 2.41. The first-order valence-electron chi connectivity index (χ1n) is 6.89. The molecule has 0 saturated heterocycles. The van der Waals surface area contributed by atoms with Crippen LogP contribution in [0.1, 0.15) is 53.3 Å². The number of nitrogens with two attached hydrogens (primary N) is 1. The van der Waals surface area contributed by atoms with Crippen molar-refractivity contribution in [1.82, 2.24) is 4.90 Å². The lowest BCUT2D eigenvalue weighted by Crippen LogP contribution is -2.39. The first-order valence-corrected chi connectivity index (χ1v) is 6.89. The highest BCUT2D eigenvalue weighted by atomic mass is 16.2. The molecule has 1 heterocycles. The van der Waals surface area contributed by atoms with Crippen LogP contribution in [0, 0.1) is 5.92 Å². The lowest BCUT2D eigenvalue weighted by atomic mass is 10.1. The molecule has 2 amide bonds. The van der Waals surface area contributed by atoms with Crippen molar-refractivity contribution >= 4 is 17.5 Å². The number of imide groups is 1. The summed E-state index contributed by atoms with van der Waals surface area (Å²) in [5.41, 5.74) is 7.18. The van der Waals surface area contributed by atoms with Gasteiger partial charge in [0.1, 0.15) is 0 Å². The summed E-state index contributed by atoms with van der Waals surface area (Å²) in [5, 5.41) is 0. The Morgan fingerprint density at radius 2 is 1.95 bits per heavy atom.